The summed E-state index contributed by atoms with van der Waals surface area (Å²) in [5, 5.41) is 33.5. The first-order valence-electron chi connectivity index (χ1n) is 10.3. The number of aromatic amines is 1. The number of para-hydroxylation sites is 1. The molecule has 0 aliphatic heterocycles. The first-order valence-corrected chi connectivity index (χ1v) is 10.3. The van der Waals surface area contributed by atoms with Crippen molar-refractivity contribution in [2.45, 2.75) is 31.0 Å². The molecule has 0 bridgehead atoms. The lowest BCUT2D eigenvalue weighted by atomic mass is 10.0. The number of H-pyrrole nitrogens is 1. The molecule has 33 heavy (non-hydrogen) atoms. The number of phenolic OH excluding ortho intramolecular Hbond substituents is 1. The number of aliphatic carboxylic acids is 1. The van der Waals surface area contributed by atoms with Crippen molar-refractivity contribution in [3.05, 3.63) is 65.9 Å². The van der Waals surface area contributed by atoms with Crippen LogP contribution in [0.2, 0.25) is 0 Å². The maximum absolute atomic E-state index is 12.9. The summed E-state index contributed by atoms with van der Waals surface area (Å²) in [4.78, 5) is 40.0. The van der Waals surface area contributed by atoms with Gasteiger partial charge >= 0.3 is 5.97 Å². The van der Waals surface area contributed by atoms with Gasteiger partial charge in [0.25, 0.3) is 0 Å². The van der Waals surface area contributed by atoms with Gasteiger partial charge in [-0.2, -0.15) is 0 Å². The number of hydrogen-bond donors (Lipinski definition) is 7. The molecule has 8 N–H and O–H groups in total. The number of fused-ring (bicyclic) bond motifs is 1. The Morgan fingerprint density at radius 1 is 0.939 bits per heavy atom. The van der Waals surface area contributed by atoms with Crippen molar-refractivity contribution < 1.29 is 29.7 Å². The van der Waals surface area contributed by atoms with E-state index >= 15 is 0 Å². The summed E-state index contributed by atoms with van der Waals surface area (Å²) in [5.74, 6) is -2.66. The van der Waals surface area contributed by atoms with Crippen LogP contribution >= 0.6 is 0 Å². The Morgan fingerprint density at radius 3 is 2.27 bits per heavy atom. The number of aromatic hydroxyl groups is 1. The predicted octanol–water partition coefficient (Wildman–Crippen LogP) is 0.0325. The molecule has 0 fully saturated rings. The van der Waals surface area contributed by atoms with Crippen LogP contribution in [0, 0.1) is 0 Å². The zero-order valence-corrected chi connectivity index (χ0v) is 17.7. The monoisotopic (exact) mass is 454 g/mol. The minimum Gasteiger partial charge on any atom is -0.508 e. The smallest absolute Gasteiger partial charge is 0.328 e. The van der Waals surface area contributed by atoms with Gasteiger partial charge in [0.05, 0.1) is 12.6 Å². The molecule has 2 amide bonds. The molecule has 3 atom stereocenters. The normalized spacial score (nSPS) is 13.8. The van der Waals surface area contributed by atoms with Crippen LogP contribution in [0.1, 0.15) is 11.1 Å². The summed E-state index contributed by atoms with van der Waals surface area (Å²) in [5.41, 5.74) is 8.34. The molecule has 1 aromatic heterocycles. The van der Waals surface area contributed by atoms with Crippen molar-refractivity contribution in [2.75, 3.05) is 6.61 Å². The molecule has 0 saturated heterocycles. The fourth-order valence-electron chi connectivity index (χ4n) is 3.44. The molecule has 10 heteroatoms. The summed E-state index contributed by atoms with van der Waals surface area (Å²) in [6.45, 7) is -0.796. The summed E-state index contributed by atoms with van der Waals surface area (Å²) >= 11 is 0. The molecule has 0 radical (unpaired) electrons. The largest absolute Gasteiger partial charge is 0.508 e. The fraction of sp³-hybridized carbons (Fsp3) is 0.261. The lowest BCUT2D eigenvalue weighted by Gasteiger charge is -2.22. The fourth-order valence-corrected chi connectivity index (χ4v) is 3.44. The molecule has 174 valence electrons. The number of nitrogens with two attached hydrogens (primary N) is 1. The highest BCUT2D eigenvalue weighted by Gasteiger charge is 2.28. The van der Waals surface area contributed by atoms with Crippen molar-refractivity contribution in [1.29, 1.82) is 0 Å². The van der Waals surface area contributed by atoms with Gasteiger partial charge in [0.2, 0.25) is 11.8 Å². The van der Waals surface area contributed by atoms with Crippen LogP contribution in [-0.4, -0.2) is 62.8 Å². The summed E-state index contributed by atoms with van der Waals surface area (Å²) in [6, 6.07) is 10.0. The second-order valence-corrected chi connectivity index (χ2v) is 7.68. The van der Waals surface area contributed by atoms with E-state index in [0.29, 0.717) is 0 Å². The van der Waals surface area contributed by atoms with Crippen molar-refractivity contribution in [3.8, 4) is 5.75 Å². The Hall–Kier alpha value is -3.89. The summed E-state index contributed by atoms with van der Waals surface area (Å²) < 4.78 is 0. The van der Waals surface area contributed by atoms with E-state index in [4.69, 9.17) is 10.8 Å². The SMILES string of the molecule is NC(Cc1ccc(O)cc1)C(=O)NC(Cc1c[nH]c2ccccc12)C(=O)NC(CO)C(=O)O. The number of aliphatic hydroxyl groups is 1. The number of hydrogen-bond acceptors (Lipinski definition) is 6. The molecular weight excluding hydrogens is 428 g/mol. The van der Waals surface area contributed by atoms with Crippen LogP contribution in [0.3, 0.4) is 0 Å². The number of nitrogens with one attached hydrogen (secondary N) is 3. The first kappa shape index (κ1) is 23.8. The molecule has 0 saturated carbocycles. The Labute approximate surface area is 189 Å². The number of carbonyl (C=O) groups is 3. The van der Waals surface area contributed by atoms with Gasteiger partial charge in [-0.3, -0.25) is 9.59 Å². The standard InChI is InChI=1S/C23H26N4O6/c24-17(9-13-5-7-15(29)8-6-13)21(30)26-19(22(31)27-20(12-28)23(32)33)10-14-11-25-18-4-2-1-3-16(14)18/h1-8,11,17,19-20,25,28-29H,9-10,12,24H2,(H,26,30)(H,27,31)(H,32,33). The zero-order valence-electron chi connectivity index (χ0n) is 17.7. The number of aliphatic hydroxyl groups excluding tert-OH is 1. The van der Waals surface area contributed by atoms with Gasteiger partial charge in [0.1, 0.15) is 17.8 Å². The Bertz CT molecular complexity index is 1130. The molecule has 0 spiro atoms. The third-order valence-corrected chi connectivity index (χ3v) is 5.26. The van der Waals surface area contributed by atoms with Crippen molar-refractivity contribution >= 4 is 28.7 Å². The van der Waals surface area contributed by atoms with E-state index in [2.05, 4.69) is 15.6 Å². The van der Waals surface area contributed by atoms with Gasteiger partial charge in [-0.15, -0.1) is 0 Å². The van der Waals surface area contributed by atoms with Crippen LogP contribution in [-0.2, 0) is 27.2 Å². The average molecular weight is 454 g/mol. The number of carbonyl (C=O) groups excluding carboxylic acids is 2. The van der Waals surface area contributed by atoms with Crippen LogP contribution in [0.25, 0.3) is 10.9 Å². The third kappa shape index (κ3) is 6.09. The quantitative estimate of drug-likeness (QED) is 0.226. The lowest BCUT2D eigenvalue weighted by Crippen LogP contribution is -2.56. The average Bonchev–Trinajstić information content (AvgIpc) is 3.20. The maximum atomic E-state index is 12.9. The maximum Gasteiger partial charge on any atom is 0.328 e. The van der Waals surface area contributed by atoms with Crippen LogP contribution in [0.5, 0.6) is 5.75 Å². The van der Waals surface area contributed by atoms with Gasteiger partial charge < -0.3 is 36.7 Å². The molecule has 3 unspecified atom stereocenters. The predicted molar refractivity (Wildman–Crippen MR) is 120 cm³/mol. The summed E-state index contributed by atoms with van der Waals surface area (Å²) in [6.07, 6.45) is 1.96. The van der Waals surface area contributed by atoms with Crippen LogP contribution in [0.4, 0.5) is 0 Å². The Balaban J connectivity index is 1.77. The molecule has 0 aliphatic carbocycles. The first-order chi connectivity index (χ1) is 15.8. The van der Waals surface area contributed by atoms with Gasteiger partial charge in [0, 0.05) is 23.5 Å². The van der Waals surface area contributed by atoms with Gasteiger partial charge in [0.15, 0.2) is 0 Å². The molecule has 3 aromatic rings. The van der Waals surface area contributed by atoms with Crippen molar-refractivity contribution in [2.24, 2.45) is 5.73 Å². The van der Waals surface area contributed by atoms with Gasteiger partial charge in [-0.05, 0) is 35.7 Å². The van der Waals surface area contributed by atoms with E-state index in [1.807, 2.05) is 24.3 Å². The second-order valence-electron chi connectivity index (χ2n) is 7.68. The van der Waals surface area contributed by atoms with E-state index in [1.54, 1.807) is 18.3 Å². The van der Waals surface area contributed by atoms with E-state index in [1.165, 1.54) is 12.1 Å². The number of benzene rings is 2. The number of phenols is 1. The van der Waals surface area contributed by atoms with E-state index < -0.39 is 42.5 Å². The Morgan fingerprint density at radius 2 is 1.61 bits per heavy atom. The molecular formula is C23H26N4O6. The van der Waals surface area contributed by atoms with Gasteiger partial charge in [-0.25, -0.2) is 4.79 Å². The zero-order chi connectivity index (χ0) is 24.0. The van der Waals surface area contributed by atoms with Gasteiger partial charge in [-0.1, -0.05) is 30.3 Å². The van der Waals surface area contributed by atoms with Crippen molar-refractivity contribution in [1.82, 2.24) is 15.6 Å². The molecule has 10 nitrogen and oxygen atoms in total. The highest BCUT2D eigenvalue weighted by molar-refractivity contribution is 5.93. The number of carboxylic acids is 1. The number of aromatic nitrogens is 1. The number of rotatable bonds is 10. The number of amides is 2. The van der Waals surface area contributed by atoms with Crippen molar-refractivity contribution in [3.63, 3.8) is 0 Å². The minimum absolute atomic E-state index is 0.0747. The third-order valence-electron chi connectivity index (χ3n) is 5.26. The lowest BCUT2D eigenvalue weighted by molar-refractivity contribution is -0.143. The molecule has 3 rings (SSSR count). The summed E-state index contributed by atoms with van der Waals surface area (Å²) in [7, 11) is 0. The second kappa shape index (κ2) is 10.6. The van der Waals surface area contributed by atoms with Crippen LogP contribution < -0.4 is 16.4 Å². The molecule has 2 aromatic carbocycles. The van der Waals surface area contributed by atoms with E-state index in [-0.39, 0.29) is 18.6 Å². The highest BCUT2D eigenvalue weighted by atomic mass is 16.4. The topological polar surface area (TPSA) is 178 Å². The minimum atomic E-state index is -1.51. The Kier molecular flexibility index (Phi) is 7.65. The molecule has 1 heterocycles. The van der Waals surface area contributed by atoms with Crippen LogP contribution in [0.15, 0.2) is 54.7 Å². The van der Waals surface area contributed by atoms with E-state index in [9.17, 15) is 24.6 Å². The highest BCUT2D eigenvalue weighted by Crippen LogP contribution is 2.19. The molecule has 0 aliphatic rings. The number of carboxylic acid groups (broad SMARTS) is 1. The van der Waals surface area contributed by atoms with E-state index in [0.717, 1.165) is 22.0 Å².